The highest BCUT2D eigenvalue weighted by atomic mass is 35.5. The van der Waals surface area contributed by atoms with Crippen LogP contribution in [0.5, 0.6) is 17.2 Å². The molecule has 0 saturated carbocycles. The van der Waals surface area contributed by atoms with Gasteiger partial charge in [0.1, 0.15) is 17.2 Å². The number of anilines is 1. The minimum atomic E-state index is -0.646. The highest BCUT2D eigenvalue weighted by Crippen LogP contribution is 2.36. The van der Waals surface area contributed by atoms with Gasteiger partial charge in [0.2, 0.25) is 0 Å². The fourth-order valence-corrected chi connectivity index (χ4v) is 2.92. The van der Waals surface area contributed by atoms with E-state index in [9.17, 15) is 4.79 Å². The molecule has 0 aliphatic rings. The summed E-state index contributed by atoms with van der Waals surface area (Å²) in [5.74, 6) is 1.27. The number of rotatable bonds is 7. The molecule has 28 heavy (non-hydrogen) atoms. The van der Waals surface area contributed by atoms with Crippen molar-refractivity contribution >= 4 is 23.2 Å². The number of hydrogen-bond donors (Lipinski definition) is 1. The Bertz CT molecular complexity index is 813. The Labute approximate surface area is 171 Å². The van der Waals surface area contributed by atoms with Crippen LogP contribution in [-0.4, -0.2) is 26.2 Å². The van der Waals surface area contributed by atoms with Crippen molar-refractivity contribution in [3.05, 3.63) is 47.0 Å². The van der Waals surface area contributed by atoms with E-state index in [4.69, 9.17) is 25.8 Å². The number of amides is 1. The average Bonchev–Trinajstić information content (AvgIpc) is 2.66. The summed E-state index contributed by atoms with van der Waals surface area (Å²) >= 11 is 6.12. The molecule has 0 unspecified atom stereocenters. The van der Waals surface area contributed by atoms with Gasteiger partial charge in [0, 0.05) is 12.1 Å². The molecule has 152 valence electrons. The highest BCUT2D eigenvalue weighted by Gasteiger charge is 2.21. The molecule has 0 aliphatic heterocycles. The van der Waals surface area contributed by atoms with Gasteiger partial charge < -0.3 is 19.5 Å². The number of ether oxygens (including phenoxy) is 3. The fraction of sp³-hybridized carbons (Fsp3) is 0.409. The lowest BCUT2D eigenvalue weighted by Crippen LogP contribution is -2.32. The van der Waals surface area contributed by atoms with Gasteiger partial charge in [-0.1, -0.05) is 51.4 Å². The summed E-state index contributed by atoms with van der Waals surface area (Å²) in [6.07, 6.45) is -0.133. The number of benzene rings is 2. The van der Waals surface area contributed by atoms with Gasteiger partial charge in [0.25, 0.3) is 5.91 Å². The lowest BCUT2D eigenvalue weighted by atomic mass is 9.87. The molecule has 0 heterocycles. The van der Waals surface area contributed by atoms with E-state index in [1.54, 1.807) is 12.1 Å². The van der Waals surface area contributed by atoms with Gasteiger partial charge in [0.05, 0.1) is 24.9 Å². The van der Waals surface area contributed by atoms with Crippen molar-refractivity contribution < 1.29 is 19.0 Å². The van der Waals surface area contributed by atoms with E-state index in [2.05, 4.69) is 26.1 Å². The van der Waals surface area contributed by atoms with Gasteiger partial charge in [-0.2, -0.15) is 0 Å². The first kappa shape index (κ1) is 21.9. The van der Waals surface area contributed by atoms with Crippen LogP contribution in [0.4, 0.5) is 5.69 Å². The average molecular weight is 406 g/mol. The molecule has 0 saturated heterocycles. The molecule has 2 aromatic carbocycles. The van der Waals surface area contributed by atoms with E-state index in [0.29, 0.717) is 34.4 Å². The summed E-state index contributed by atoms with van der Waals surface area (Å²) < 4.78 is 16.4. The molecular weight excluding hydrogens is 378 g/mol. The van der Waals surface area contributed by atoms with Crippen molar-refractivity contribution in [3.8, 4) is 17.2 Å². The molecule has 1 atom stereocenters. The van der Waals surface area contributed by atoms with Crippen LogP contribution in [0.25, 0.3) is 0 Å². The van der Waals surface area contributed by atoms with Crippen LogP contribution in [0.15, 0.2) is 36.4 Å². The van der Waals surface area contributed by atoms with Crippen LogP contribution >= 0.6 is 11.6 Å². The topological polar surface area (TPSA) is 56.8 Å². The summed E-state index contributed by atoms with van der Waals surface area (Å²) in [5.41, 5.74) is 1.73. The van der Waals surface area contributed by atoms with Crippen molar-refractivity contribution in [2.24, 2.45) is 0 Å². The van der Waals surface area contributed by atoms with E-state index in [-0.39, 0.29) is 11.3 Å². The quantitative estimate of drug-likeness (QED) is 0.665. The van der Waals surface area contributed by atoms with Crippen molar-refractivity contribution in [2.75, 3.05) is 19.5 Å². The number of carbonyl (C=O) groups excluding carboxylic acids is 1. The zero-order chi connectivity index (χ0) is 20.9. The molecule has 0 radical (unpaired) electrons. The minimum absolute atomic E-state index is 0.0598. The smallest absolute Gasteiger partial charge is 0.265 e. The zero-order valence-electron chi connectivity index (χ0n) is 17.3. The Morgan fingerprint density at radius 3 is 2.18 bits per heavy atom. The van der Waals surface area contributed by atoms with Crippen molar-refractivity contribution in [3.63, 3.8) is 0 Å². The Morgan fingerprint density at radius 1 is 1.07 bits per heavy atom. The SMILES string of the molecule is CC[C@@H](Oc1ccc(C(C)(C)C)cc1)C(=O)Nc1cc(OC)c(Cl)cc1OC. The second-order valence-corrected chi connectivity index (χ2v) is 7.87. The molecule has 0 bridgehead atoms. The molecule has 6 heteroatoms. The monoisotopic (exact) mass is 405 g/mol. The van der Waals surface area contributed by atoms with Gasteiger partial charge in [0.15, 0.2) is 6.10 Å². The third kappa shape index (κ3) is 5.32. The maximum atomic E-state index is 12.8. The van der Waals surface area contributed by atoms with Crippen LogP contribution in [-0.2, 0) is 10.2 Å². The molecule has 0 fully saturated rings. The molecule has 0 spiro atoms. The summed E-state index contributed by atoms with van der Waals surface area (Å²) in [7, 11) is 3.02. The lowest BCUT2D eigenvalue weighted by Gasteiger charge is -2.21. The standard InChI is InChI=1S/C22H28ClNO4/c1-7-18(28-15-10-8-14(9-11-15)22(2,3)4)21(25)24-17-13-19(26-5)16(23)12-20(17)27-6/h8-13,18H,7H2,1-6H3,(H,24,25)/t18-/m1/s1. The van der Waals surface area contributed by atoms with Crippen LogP contribution in [0.2, 0.25) is 5.02 Å². The van der Waals surface area contributed by atoms with E-state index < -0.39 is 6.10 Å². The van der Waals surface area contributed by atoms with Crippen LogP contribution < -0.4 is 19.5 Å². The number of nitrogens with one attached hydrogen (secondary N) is 1. The molecule has 0 aromatic heterocycles. The van der Waals surface area contributed by atoms with Crippen molar-refractivity contribution in [2.45, 2.75) is 45.6 Å². The largest absolute Gasteiger partial charge is 0.495 e. The highest BCUT2D eigenvalue weighted by molar-refractivity contribution is 6.32. The van der Waals surface area contributed by atoms with Gasteiger partial charge in [-0.25, -0.2) is 0 Å². The van der Waals surface area contributed by atoms with Crippen LogP contribution in [0, 0.1) is 0 Å². The maximum Gasteiger partial charge on any atom is 0.265 e. The molecule has 2 aromatic rings. The van der Waals surface area contributed by atoms with Crippen LogP contribution in [0.3, 0.4) is 0 Å². The molecule has 1 N–H and O–H groups in total. The van der Waals surface area contributed by atoms with E-state index in [1.165, 1.54) is 19.8 Å². The second kappa shape index (κ2) is 9.20. The van der Waals surface area contributed by atoms with E-state index >= 15 is 0 Å². The third-order valence-electron chi connectivity index (χ3n) is 4.39. The number of methoxy groups -OCH3 is 2. The zero-order valence-corrected chi connectivity index (χ0v) is 18.0. The normalized spacial score (nSPS) is 12.2. The third-order valence-corrected chi connectivity index (χ3v) is 4.69. The molecule has 2 rings (SSSR count). The first-order chi connectivity index (χ1) is 13.2. The van der Waals surface area contributed by atoms with Gasteiger partial charge >= 0.3 is 0 Å². The first-order valence-electron chi connectivity index (χ1n) is 9.19. The van der Waals surface area contributed by atoms with Crippen molar-refractivity contribution in [1.82, 2.24) is 0 Å². The van der Waals surface area contributed by atoms with E-state index in [0.717, 1.165) is 0 Å². The first-order valence-corrected chi connectivity index (χ1v) is 9.57. The van der Waals surface area contributed by atoms with Gasteiger partial charge in [-0.15, -0.1) is 0 Å². The number of hydrogen-bond acceptors (Lipinski definition) is 4. The van der Waals surface area contributed by atoms with Crippen LogP contribution in [0.1, 0.15) is 39.7 Å². The minimum Gasteiger partial charge on any atom is -0.495 e. The molecule has 0 aliphatic carbocycles. The Hall–Kier alpha value is -2.40. The predicted molar refractivity (Wildman–Crippen MR) is 113 cm³/mol. The Kier molecular flexibility index (Phi) is 7.19. The van der Waals surface area contributed by atoms with Gasteiger partial charge in [-0.05, 0) is 29.5 Å². The number of carbonyl (C=O) groups is 1. The summed E-state index contributed by atoms with van der Waals surface area (Å²) in [6.45, 7) is 8.35. The fourth-order valence-electron chi connectivity index (χ4n) is 2.69. The Balaban J connectivity index is 2.16. The van der Waals surface area contributed by atoms with E-state index in [1.807, 2.05) is 31.2 Å². The lowest BCUT2D eigenvalue weighted by molar-refractivity contribution is -0.122. The number of halogens is 1. The second-order valence-electron chi connectivity index (χ2n) is 7.47. The molecular formula is C22H28ClNO4. The summed E-state index contributed by atoms with van der Waals surface area (Å²) in [6, 6.07) is 11.1. The summed E-state index contributed by atoms with van der Waals surface area (Å²) in [5, 5.41) is 3.25. The van der Waals surface area contributed by atoms with Crippen molar-refractivity contribution in [1.29, 1.82) is 0 Å². The van der Waals surface area contributed by atoms with Gasteiger partial charge in [-0.3, -0.25) is 4.79 Å². The molecule has 1 amide bonds. The Morgan fingerprint density at radius 2 is 1.68 bits per heavy atom. The summed E-state index contributed by atoms with van der Waals surface area (Å²) in [4.78, 5) is 12.8. The maximum absolute atomic E-state index is 12.8. The predicted octanol–water partition coefficient (Wildman–Crippen LogP) is 5.45. The molecule has 5 nitrogen and oxygen atoms in total.